The minimum Gasteiger partial charge on any atom is -0.495 e. The van der Waals surface area contributed by atoms with Crippen LogP contribution >= 0.6 is 0 Å². The molecule has 2 aromatic rings. The number of rotatable bonds is 5. The molecule has 0 aromatic heterocycles. The van der Waals surface area contributed by atoms with Crippen LogP contribution in [0.1, 0.15) is 17.5 Å². The number of ether oxygens (including phenoxy) is 1. The Balaban J connectivity index is 1.67. The van der Waals surface area contributed by atoms with E-state index >= 15 is 0 Å². The van der Waals surface area contributed by atoms with Crippen LogP contribution in [0.5, 0.6) is 5.75 Å². The van der Waals surface area contributed by atoms with Crippen LogP contribution in [-0.4, -0.2) is 50.9 Å². The molecule has 0 saturated carbocycles. The quantitative estimate of drug-likeness (QED) is 0.730. The number of benzene rings is 2. The lowest BCUT2D eigenvalue weighted by atomic mass is 10.1. The third kappa shape index (κ3) is 5.09. The van der Waals surface area contributed by atoms with Crippen molar-refractivity contribution in [1.29, 1.82) is 0 Å². The molecular weight excluding hydrogens is 405 g/mol. The van der Waals surface area contributed by atoms with Gasteiger partial charge in [-0.1, -0.05) is 24.3 Å². The summed E-state index contributed by atoms with van der Waals surface area (Å²) >= 11 is 0. The lowest BCUT2D eigenvalue weighted by Crippen LogP contribution is -2.35. The van der Waals surface area contributed by atoms with Gasteiger partial charge in [-0.25, -0.2) is 8.42 Å². The summed E-state index contributed by atoms with van der Waals surface area (Å²) < 4.78 is 70.8. The van der Waals surface area contributed by atoms with E-state index in [9.17, 15) is 21.6 Å². The molecule has 1 fully saturated rings. The van der Waals surface area contributed by atoms with Crippen molar-refractivity contribution >= 4 is 10.0 Å². The molecule has 1 aliphatic rings. The standard InChI is InChI=1S/C20H23F3N2O3S/c1-28-18-5-2-3-6-19(18)29(26,27)25-12-4-11-24(13-14-25)15-16-7-9-17(10-8-16)20(21,22)23/h2-3,5-10H,4,11-15H2,1H3. The van der Waals surface area contributed by atoms with E-state index in [-0.39, 0.29) is 4.90 Å². The van der Waals surface area contributed by atoms with Crippen LogP contribution in [0.25, 0.3) is 0 Å². The summed E-state index contributed by atoms with van der Waals surface area (Å²) in [4.78, 5) is 2.19. The summed E-state index contributed by atoms with van der Waals surface area (Å²) in [5.41, 5.74) is 0.0882. The van der Waals surface area contributed by atoms with E-state index in [1.54, 1.807) is 18.2 Å². The highest BCUT2D eigenvalue weighted by Gasteiger charge is 2.31. The van der Waals surface area contributed by atoms with Crippen LogP contribution < -0.4 is 4.74 Å². The molecule has 1 heterocycles. The summed E-state index contributed by atoms with van der Waals surface area (Å²) in [6.45, 7) is 2.32. The Hall–Kier alpha value is -2.10. The van der Waals surface area contributed by atoms with E-state index in [0.717, 1.165) is 17.7 Å². The van der Waals surface area contributed by atoms with E-state index in [2.05, 4.69) is 4.90 Å². The second-order valence-electron chi connectivity index (χ2n) is 6.88. The van der Waals surface area contributed by atoms with Gasteiger partial charge in [0, 0.05) is 26.2 Å². The Labute approximate surface area is 168 Å². The van der Waals surface area contributed by atoms with Crippen LogP contribution in [0.2, 0.25) is 0 Å². The van der Waals surface area contributed by atoms with Crippen molar-refractivity contribution < 1.29 is 26.3 Å². The molecule has 3 rings (SSSR count). The van der Waals surface area contributed by atoms with Crippen molar-refractivity contribution in [2.75, 3.05) is 33.3 Å². The van der Waals surface area contributed by atoms with Crippen LogP contribution in [-0.2, 0) is 22.7 Å². The molecule has 0 atom stereocenters. The van der Waals surface area contributed by atoms with Crippen molar-refractivity contribution in [2.24, 2.45) is 0 Å². The fraction of sp³-hybridized carbons (Fsp3) is 0.400. The first kappa shape index (κ1) is 21.6. The molecule has 29 heavy (non-hydrogen) atoms. The molecule has 9 heteroatoms. The summed E-state index contributed by atoms with van der Waals surface area (Å²) in [6, 6.07) is 11.6. The second-order valence-corrected chi connectivity index (χ2v) is 8.79. The Bertz CT molecular complexity index is 931. The van der Waals surface area contributed by atoms with Gasteiger partial charge in [-0.05, 0) is 42.8 Å². The highest BCUT2D eigenvalue weighted by Crippen LogP contribution is 2.30. The van der Waals surface area contributed by atoms with Gasteiger partial charge in [-0.3, -0.25) is 4.90 Å². The third-order valence-electron chi connectivity index (χ3n) is 4.92. The van der Waals surface area contributed by atoms with E-state index in [4.69, 9.17) is 4.74 Å². The van der Waals surface area contributed by atoms with Crippen LogP contribution in [0.3, 0.4) is 0 Å². The second kappa shape index (κ2) is 8.73. The van der Waals surface area contributed by atoms with Gasteiger partial charge in [-0.15, -0.1) is 0 Å². The maximum absolute atomic E-state index is 13.0. The van der Waals surface area contributed by atoms with Crippen molar-refractivity contribution in [3.63, 3.8) is 0 Å². The fourth-order valence-electron chi connectivity index (χ4n) is 3.37. The summed E-state index contributed by atoms with van der Waals surface area (Å²) in [5, 5.41) is 0. The van der Waals surface area contributed by atoms with Gasteiger partial charge in [-0.2, -0.15) is 17.5 Å². The Morgan fingerprint density at radius 3 is 2.31 bits per heavy atom. The molecule has 0 N–H and O–H groups in total. The zero-order valence-electron chi connectivity index (χ0n) is 16.0. The molecule has 2 aromatic carbocycles. The molecule has 0 radical (unpaired) electrons. The highest BCUT2D eigenvalue weighted by atomic mass is 32.2. The Morgan fingerprint density at radius 2 is 1.66 bits per heavy atom. The molecule has 1 aliphatic heterocycles. The largest absolute Gasteiger partial charge is 0.495 e. The first-order valence-corrected chi connectivity index (χ1v) is 10.7. The summed E-state index contributed by atoms with van der Waals surface area (Å²) in [6.07, 6.45) is -3.72. The average Bonchev–Trinajstić information content (AvgIpc) is 2.94. The van der Waals surface area contributed by atoms with Gasteiger partial charge in [0.05, 0.1) is 12.7 Å². The average molecular weight is 428 g/mol. The minimum absolute atomic E-state index is 0.138. The van der Waals surface area contributed by atoms with Crippen molar-refractivity contribution in [3.8, 4) is 5.75 Å². The maximum atomic E-state index is 13.0. The molecule has 0 spiro atoms. The molecule has 0 aliphatic carbocycles. The SMILES string of the molecule is COc1ccccc1S(=O)(=O)N1CCCN(Cc2ccc(C(F)(F)F)cc2)CC1. The molecule has 0 amide bonds. The van der Waals surface area contributed by atoms with Crippen LogP contribution in [0.4, 0.5) is 13.2 Å². The zero-order valence-corrected chi connectivity index (χ0v) is 16.8. The number of halogens is 3. The van der Waals surface area contributed by atoms with Crippen molar-refractivity contribution in [2.45, 2.75) is 24.0 Å². The maximum Gasteiger partial charge on any atom is 0.416 e. The van der Waals surface area contributed by atoms with Crippen LogP contribution in [0, 0.1) is 0 Å². The van der Waals surface area contributed by atoms with Crippen molar-refractivity contribution in [1.82, 2.24) is 9.21 Å². The summed E-state index contributed by atoms with van der Waals surface area (Å²) in [7, 11) is -2.26. The topological polar surface area (TPSA) is 49.9 Å². The van der Waals surface area contributed by atoms with Gasteiger partial charge < -0.3 is 4.74 Å². The third-order valence-corrected chi connectivity index (χ3v) is 6.86. The lowest BCUT2D eigenvalue weighted by Gasteiger charge is -2.22. The number of alkyl halides is 3. The molecule has 158 valence electrons. The predicted molar refractivity (Wildman–Crippen MR) is 103 cm³/mol. The van der Waals surface area contributed by atoms with E-state index in [1.165, 1.54) is 29.6 Å². The van der Waals surface area contributed by atoms with E-state index in [1.807, 2.05) is 0 Å². The van der Waals surface area contributed by atoms with E-state index < -0.39 is 21.8 Å². The van der Waals surface area contributed by atoms with E-state index in [0.29, 0.717) is 44.9 Å². The number of hydrogen-bond donors (Lipinski definition) is 0. The van der Waals surface area contributed by atoms with Crippen molar-refractivity contribution in [3.05, 3.63) is 59.7 Å². The smallest absolute Gasteiger partial charge is 0.416 e. The first-order valence-electron chi connectivity index (χ1n) is 9.23. The van der Waals surface area contributed by atoms with Gasteiger partial charge in [0.25, 0.3) is 0 Å². The number of nitrogens with zero attached hydrogens (tertiary/aromatic N) is 2. The lowest BCUT2D eigenvalue weighted by molar-refractivity contribution is -0.137. The normalized spacial score (nSPS) is 17.1. The number of methoxy groups -OCH3 is 1. The molecule has 5 nitrogen and oxygen atoms in total. The zero-order chi connectivity index (χ0) is 21.1. The van der Waals surface area contributed by atoms with Gasteiger partial charge in [0.15, 0.2) is 0 Å². The Morgan fingerprint density at radius 1 is 0.966 bits per heavy atom. The molecule has 0 unspecified atom stereocenters. The number of para-hydroxylation sites is 1. The Kier molecular flexibility index (Phi) is 6.50. The fourth-order valence-corrected chi connectivity index (χ4v) is 5.00. The summed E-state index contributed by atoms with van der Waals surface area (Å²) in [5.74, 6) is 0.304. The van der Waals surface area contributed by atoms with Gasteiger partial charge >= 0.3 is 6.18 Å². The molecular formula is C20H23F3N2O3S. The monoisotopic (exact) mass is 428 g/mol. The highest BCUT2D eigenvalue weighted by molar-refractivity contribution is 7.89. The predicted octanol–water partition coefficient (Wildman–Crippen LogP) is 3.61. The molecule has 1 saturated heterocycles. The number of sulfonamides is 1. The minimum atomic E-state index is -4.35. The van der Waals surface area contributed by atoms with Gasteiger partial charge in [0.2, 0.25) is 10.0 Å². The van der Waals surface area contributed by atoms with Crippen LogP contribution in [0.15, 0.2) is 53.4 Å². The van der Waals surface area contributed by atoms with Gasteiger partial charge in [0.1, 0.15) is 10.6 Å². The number of hydrogen-bond acceptors (Lipinski definition) is 4. The molecule has 0 bridgehead atoms. The first-order chi connectivity index (χ1) is 13.7.